The van der Waals surface area contributed by atoms with Gasteiger partial charge in [0, 0.05) is 0 Å². The second-order valence-corrected chi connectivity index (χ2v) is 51.6. The lowest BCUT2D eigenvalue weighted by molar-refractivity contribution is 0.365. The van der Waals surface area contributed by atoms with Crippen molar-refractivity contribution in [3.63, 3.8) is 0 Å². The molecule has 13 rings (SSSR count). The molecule has 11 atom stereocenters. The van der Waals surface area contributed by atoms with Crippen molar-refractivity contribution in [3.05, 3.63) is 465 Å². The summed E-state index contributed by atoms with van der Waals surface area (Å²) in [7, 11) is 22.1. The van der Waals surface area contributed by atoms with Crippen LogP contribution in [0, 0.1) is 0 Å². The SMILES string of the molecule is CNP(N)(=NCc1ccc(C(Cc2ccccc2)CC(CC(CC(CC(CC(CC(CC(CC(CC(CC(CCc2ccccc2)c2ccc(CN=P(NC)(N(C)C)N(C)C)cc2)c2ccccc2)c2ccccc2)c2ccc(CN=P(NC)(NC)N(C)C)cc2)c2ccccc2)c2ccccc2)c2ccccc2)c2ccc(CN=P(NC)(NC)N(C)C)cc2)c2ccccc2)c2ccccc2)cc1)NC. The molecular formula is C121H160N16P4. The lowest BCUT2D eigenvalue weighted by atomic mass is 9.70. The molecule has 0 aliphatic rings. The number of aryl methyl sites for hydroxylation is 1. The zero-order chi connectivity index (χ0) is 99.4. The molecule has 0 aliphatic carbocycles. The number of benzene rings is 13. The predicted octanol–water partition coefficient (Wildman–Crippen LogP) is 28.9. The molecule has 16 nitrogen and oxygen atoms in total. The highest BCUT2D eigenvalue weighted by molar-refractivity contribution is 7.60. The predicted molar refractivity (Wildman–Crippen MR) is 607 cm³/mol. The molecular weight excluding hydrogens is 1800 g/mol. The molecule has 0 aromatic heterocycles. The van der Waals surface area contributed by atoms with E-state index < -0.39 is 30.0 Å². The number of rotatable bonds is 55. The Morgan fingerprint density at radius 1 is 0.206 bits per heavy atom. The first-order valence-electron chi connectivity index (χ1n) is 51.0. The number of hydrogen-bond donors (Lipinski definition) is 8. The Kier molecular flexibility index (Phi) is 42.2. The second-order valence-electron chi connectivity index (χ2n) is 39.2. The Labute approximate surface area is 848 Å². The third-order valence-electron chi connectivity index (χ3n) is 29.7. The molecule has 0 fully saturated rings. The second kappa shape index (κ2) is 54.8. The summed E-state index contributed by atoms with van der Waals surface area (Å²) in [6.07, 6.45) is 12.5. The molecule has 11 unspecified atom stereocenters. The molecule has 13 aromatic carbocycles. The molecule has 0 aliphatic heterocycles. The van der Waals surface area contributed by atoms with E-state index in [1.807, 2.05) is 49.3 Å². The van der Waals surface area contributed by atoms with Gasteiger partial charge in [-0.05, 0) is 349 Å². The van der Waals surface area contributed by atoms with Crippen LogP contribution in [-0.4, -0.2) is 124 Å². The average Bonchev–Trinajstić information content (AvgIpc) is 0.805. The molecule has 744 valence electrons. The molecule has 9 N–H and O–H groups in total. The van der Waals surface area contributed by atoms with Crippen LogP contribution < -0.4 is 41.1 Å². The molecule has 0 radical (unpaired) electrons. The van der Waals surface area contributed by atoms with Crippen molar-refractivity contribution in [2.24, 2.45) is 24.5 Å². The Hall–Kier alpha value is -9.70. The Bertz CT molecular complexity index is 6000. The Morgan fingerprint density at radius 3 is 0.645 bits per heavy atom. The molecule has 0 spiro atoms. The monoisotopic (exact) mass is 1960 g/mol. The summed E-state index contributed by atoms with van der Waals surface area (Å²) in [6.45, 7) is 2.31. The van der Waals surface area contributed by atoms with Crippen LogP contribution in [0.5, 0.6) is 0 Å². The minimum absolute atomic E-state index is 0.140. The lowest BCUT2D eigenvalue weighted by Crippen LogP contribution is -2.29. The fraction of sp³-hybridized carbons (Fsp3) is 0.355. The van der Waals surface area contributed by atoms with Crippen LogP contribution in [0.4, 0.5) is 0 Å². The smallest absolute Gasteiger partial charge is 0.164 e. The number of nitrogens with one attached hydrogen (secondary N) is 7. The van der Waals surface area contributed by atoms with Crippen LogP contribution in [0.25, 0.3) is 0 Å². The van der Waals surface area contributed by atoms with Crippen LogP contribution in [0.15, 0.2) is 389 Å². The average molecular weight is 1960 g/mol. The van der Waals surface area contributed by atoms with Crippen molar-refractivity contribution < 1.29 is 0 Å². The first-order chi connectivity index (χ1) is 68.6. The van der Waals surface area contributed by atoms with Crippen LogP contribution in [0.2, 0.25) is 0 Å². The van der Waals surface area contributed by atoms with Gasteiger partial charge in [-0.3, -0.25) is 78.8 Å². The lowest BCUT2D eigenvalue weighted by Gasteiger charge is -2.36. The number of nitrogens with two attached hydrogens (primary N) is 1. The van der Waals surface area contributed by atoms with Gasteiger partial charge in [0.05, 0.1) is 26.2 Å². The quantitative estimate of drug-likeness (QED) is 0.0170. The van der Waals surface area contributed by atoms with Crippen molar-refractivity contribution >= 4 is 30.0 Å². The maximum Gasteiger partial charge on any atom is 0.164 e. The fourth-order valence-corrected chi connectivity index (χ4v) is 29.0. The summed E-state index contributed by atoms with van der Waals surface area (Å²) in [5, 5.41) is 24.5. The van der Waals surface area contributed by atoms with Gasteiger partial charge in [0.15, 0.2) is 30.0 Å². The highest BCUT2D eigenvalue weighted by atomic mass is 31.2. The molecule has 0 amide bonds. The third kappa shape index (κ3) is 30.7. The Morgan fingerprint density at radius 2 is 0.411 bits per heavy atom. The van der Waals surface area contributed by atoms with Gasteiger partial charge < -0.3 is 0 Å². The van der Waals surface area contributed by atoms with Gasteiger partial charge in [-0.15, -0.1) is 0 Å². The zero-order valence-electron chi connectivity index (χ0n) is 86.5. The van der Waals surface area contributed by atoms with E-state index in [9.17, 15) is 0 Å². The van der Waals surface area contributed by atoms with Crippen molar-refractivity contribution in [2.45, 2.75) is 175 Å². The Balaban J connectivity index is 0.911. The topological polar surface area (TPSA) is 173 Å². The molecule has 13 aromatic rings. The van der Waals surface area contributed by atoms with Gasteiger partial charge in [-0.1, -0.05) is 370 Å². The van der Waals surface area contributed by atoms with Gasteiger partial charge in [-0.25, -0.2) is 0 Å². The van der Waals surface area contributed by atoms with E-state index >= 15 is 0 Å². The maximum atomic E-state index is 6.70. The van der Waals surface area contributed by atoms with E-state index in [4.69, 9.17) is 24.5 Å². The van der Waals surface area contributed by atoms with Crippen LogP contribution in [0.3, 0.4) is 0 Å². The normalized spacial score (nSPS) is 14.6. The summed E-state index contributed by atoms with van der Waals surface area (Å²) in [5.74, 6) is 2.05. The van der Waals surface area contributed by atoms with Crippen molar-refractivity contribution in [2.75, 3.05) is 106 Å². The van der Waals surface area contributed by atoms with Gasteiger partial charge in [0.1, 0.15) is 0 Å². The third-order valence-corrected chi connectivity index (χ3v) is 40.9. The highest BCUT2D eigenvalue weighted by Gasteiger charge is 2.36. The van der Waals surface area contributed by atoms with E-state index in [-0.39, 0.29) is 65.1 Å². The fourth-order valence-electron chi connectivity index (χ4n) is 21.7. The van der Waals surface area contributed by atoms with Crippen LogP contribution in [0.1, 0.15) is 230 Å². The van der Waals surface area contributed by atoms with Gasteiger partial charge in [-0.2, -0.15) is 0 Å². The molecule has 0 saturated heterocycles. The minimum Gasteiger partial charge on any atom is -0.273 e. The number of nitrogens with zero attached hydrogens (tertiary/aromatic N) is 8. The van der Waals surface area contributed by atoms with E-state index in [2.05, 4.69) is 481 Å². The van der Waals surface area contributed by atoms with Gasteiger partial charge >= 0.3 is 0 Å². The number of hydrogen-bond acceptors (Lipinski definition) is 4. The maximum absolute atomic E-state index is 6.70. The first kappa shape index (κ1) is 109. The van der Waals surface area contributed by atoms with E-state index in [1.165, 1.54) is 89.0 Å². The summed E-state index contributed by atoms with van der Waals surface area (Å²) in [5.41, 5.74) is 29.4. The van der Waals surface area contributed by atoms with Gasteiger partial charge in [0.2, 0.25) is 0 Å². The van der Waals surface area contributed by atoms with Crippen LogP contribution >= 0.6 is 30.0 Å². The largest absolute Gasteiger partial charge is 0.273 e. The molecule has 0 saturated carbocycles. The molecule has 141 heavy (non-hydrogen) atoms. The summed E-state index contributed by atoms with van der Waals surface area (Å²) >= 11 is 0. The van der Waals surface area contributed by atoms with Crippen molar-refractivity contribution in [3.8, 4) is 0 Å². The van der Waals surface area contributed by atoms with Crippen molar-refractivity contribution in [1.29, 1.82) is 0 Å². The van der Waals surface area contributed by atoms with Crippen molar-refractivity contribution in [1.82, 2.24) is 54.3 Å². The standard InChI is InChI=1S/C121H160N16P4/c1-123-138(122,124-2)130-90-96-64-72-108(73-65-96)112(79-95-45-27-17-28-46-95)81-114(101-49-31-19-32-50-101)83-117(104-55-37-22-38-56-104)87-121(110-76-68-98(69-77-110)92-132-140(127-5,128-6)135(10)11)89-119(106-59-41-24-42-60-106)85-116(103-53-35-21-36-54-103)84-118(105-57-39-23-40-58-105)88-120(109-74-66-97(67-75-109)91-131-139(125-3,126-4)134(8)9)86-115(102-51-33-20-34-52-102)82-113(100-47-29-18-30-48-100)80-111(78-61-94-43-25-16-26-44-94)107-70-62-99(63-71-107)93-133-141(129-7,136(12)13)137(14)15/h16-60,62-77,111-121,123-129H,61,78-93,122H2,1-15H3. The minimum atomic E-state index is -2.33. The van der Waals surface area contributed by atoms with Gasteiger partial charge in [0.25, 0.3) is 0 Å². The molecule has 0 heterocycles. The molecule has 20 heteroatoms. The molecule has 0 bridgehead atoms. The van der Waals surface area contributed by atoms with E-state index in [0.717, 1.165) is 89.0 Å². The summed E-state index contributed by atoms with van der Waals surface area (Å²) in [4.78, 5) is 0. The summed E-state index contributed by atoms with van der Waals surface area (Å²) in [6, 6.07) is 142. The van der Waals surface area contributed by atoms with E-state index in [0.29, 0.717) is 26.2 Å². The van der Waals surface area contributed by atoms with E-state index in [1.54, 1.807) is 0 Å². The first-order valence-corrected chi connectivity index (χ1v) is 57.9. The summed E-state index contributed by atoms with van der Waals surface area (Å²) < 4.78 is 30.2. The zero-order valence-corrected chi connectivity index (χ0v) is 90.1. The van der Waals surface area contributed by atoms with Crippen LogP contribution in [-0.2, 0) is 39.0 Å². The highest BCUT2D eigenvalue weighted by Crippen LogP contribution is 2.53.